The maximum absolute atomic E-state index is 14.5. The number of aromatic nitrogens is 3. The van der Waals surface area contributed by atoms with Crippen LogP contribution in [0.5, 0.6) is 6.01 Å². The number of hydrogen-bond donors (Lipinski definition) is 0. The van der Waals surface area contributed by atoms with Crippen LogP contribution in [0.3, 0.4) is 0 Å². The number of carbonyl (C=O) groups excluding carboxylic acids is 1. The van der Waals surface area contributed by atoms with Crippen LogP contribution in [0.1, 0.15) is 53.4 Å². The number of nitrogens with zero attached hydrogens (tertiary/aromatic N) is 6. The Labute approximate surface area is 227 Å². The van der Waals surface area contributed by atoms with Crippen molar-refractivity contribution in [1.82, 2.24) is 24.8 Å². The minimum atomic E-state index is -0.727. The maximum Gasteiger partial charge on any atom is 0.410 e. The molecule has 1 amide bonds. The van der Waals surface area contributed by atoms with Crippen LogP contribution in [0.2, 0.25) is 5.15 Å². The molecule has 9 nitrogen and oxygen atoms in total. The van der Waals surface area contributed by atoms with E-state index in [9.17, 15) is 13.6 Å². The number of anilines is 1. The average molecular weight is 555 g/mol. The summed E-state index contributed by atoms with van der Waals surface area (Å²) in [5.41, 5.74) is -0.534. The van der Waals surface area contributed by atoms with Crippen molar-refractivity contribution in [3.8, 4) is 6.01 Å². The number of rotatable bonds is 3. The van der Waals surface area contributed by atoms with Gasteiger partial charge >= 0.3 is 12.1 Å². The van der Waals surface area contributed by atoms with Crippen molar-refractivity contribution in [2.45, 2.75) is 83.3 Å². The van der Waals surface area contributed by atoms with E-state index in [4.69, 9.17) is 21.1 Å². The van der Waals surface area contributed by atoms with Crippen LogP contribution in [-0.4, -0.2) is 94.5 Å². The highest BCUT2D eigenvalue weighted by Gasteiger charge is 2.39. The third-order valence-electron chi connectivity index (χ3n) is 7.42. The van der Waals surface area contributed by atoms with E-state index >= 15 is 0 Å². The van der Waals surface area contributed by atoms with Crippen molar-refractivity contribution in [2.24, 2.45) is 0 Å². The van der Waals surface area contributed by atoms with Gasteiger partial charge in [-0.3, -0.25) is 4.90 Å². The lowest BCUT2D eigenvalue weighted by molar-refractivity contribution is 0.0233. The molecule has 0 spiro atoms. The molecule has 0 N–H and O–H groups in total. The third kappa shape index (κ3) is 6.03. The highest BCUT2D eigenvalue weighted by Crippen LogP contribution is 2.33. The zero-order chi connectivity index (χ0) is 27.8. The highest BCUT2D eigenvalue weighted by atomic mass is 35.5. The lowest BCUT2D eigenvalue weighted by atomic mass is 10.1. The monoisotopic (exact) mass is 554 g/mol. The zero-order valence-corrected chi connectivity index (χ0v) is 23.6. The molecule has 3 aliphatic rings. The molecule has 0 bridgehead atoms. The quantitative estimate of drug-likeness (QED) is 0.498. The Hall–Kier alpha value is -2.53. The summed E-state index contributed by atoms with van der Waals surface area (Å²) in [4.78, 5) is 30.8. The van der Waals surface area contributed by atoms with E-state index in [0.717, 1.165) is 13.0 Å². The Morgan fingerprint density at radius 3 is 2.63 bits per heavy atom. The van der Waals surface area contributed by atoms with E-state index in [1.165, 1.54) is 26.1 Å². The topological polar surface area (TPSA) is 83.9 Å². The minimum Gasteiger partial charge on any atom is -0.467 e. The number of amides is 1. The first-order valence-electron chi connectivity index (χ1n) is 13.1. The molecule has 210 valence electrons. The smallest absolute Gasteiger partial charge is 0.410 e. The Kier molecular flexibility index (Phi) is 8.46. The number of carbonyl (C=O) groups is 1. The van der Waals surface area contributed by atoms with Gasteiger partial charge in [-0.2, -0.15) is 9.97 Å². The Morgan fingerprint density at radius 2 is 1.97 bits per heavy atom. The predicted octanol–water partition coefficient (Wildman–Crippen LogP) is 4.85. The van der Waals surface area contributed by atoms with Crippen LogP contribution in [0.15, 0.2) is 6.20 Å². The van der Waals surface area contributed by atoms with Crippen molar-refractivity contribution in [1.29, 1.82) is 0 Å². The van der Waals surface area contributed by atoms with Gasteiger partial charge in [0.05, 0.1) is 24.6 Å². The summed E-state index contributed by atoms with van der Waals surface area (Å²) in [6, 6.07) is 0.426. The molecule has 4 unspecified atom stereocenters. The lowest BCUT2D eigenvalue weighted by Gasteiger charge is -2.33. The minimum absolute atomic E-state index is 0.0233. The van der Waals surface area contributed by atoms with Gasteiger partial charge in [0.2, 0.25) is 0 Å². The van der Waals surface area contributed by atoms with Gasteiger partial charge in [0.1, 0.15) is 23.1 Å². The van der Waals surface area contributed by atoms with Crippen molar-refractivity contribution in [3.05, 3.63) is 17.2 Å². The van der Waals surface area contributed by atoms with Crippen molar-refractivity contribution < 1.29 is 23.0 Å². The Bertz CT molecular complexity index is 1150. The predicted molar refractivity (Wildman–Crippen MR) is 142 cm³/mol. The summed E-state index contributed by atoms with van der Waals surface area (Å²) < 4.78 is 37.8. The van der Waals surface area contributed by atoms with Gasteiger partial charge in [-0.15, -0.1) is 0 Å². The van der Waals surface area contributed by atoms with Crippen molar-refractivity contribution >= 4 is 34.4 Å². The number of halogens is 3. The first-order valence-corrected chi connectivity index (χ1v) is 13.4. The maximum atomic E-state index is 14.5. The molecule has 2 aromatic rings. The van der Waals surface area contributed by atoms with E-state index in [-0.39, 0.29) is 34.9 Å². The third-order valence-corrected chi connectivity index (χ3v) is 7.68. The molecule has 3 fully saturated rings. The second-order valence-electron chi connectivity index (χ2n) is 11.2. The lowest BCUT2D eigenvalue weighted by Crippen LogP contribution is -2.45. The number of likely N-dealkylation sites (N-methyl/N-ethyl adjacent to an activating group) is 1. The summed E-state index contributed by atoms with van der Waals surface area (Å²) in [7, 11) is 3.25. The number of pyridine rings is 1. The molecule has 5 heterocycles. The van der Waals surface area contributed by atoms with Crippen molar-refractivity contribution in [3.63, 3.8) is 0 Å². The van der Waals surface area contributed by atoms with E-state index in [0.29, 0.717) is 36.8 Å². The molecule has 3 saturated heterocycles. The van der Waals surface area contributed by atoms with Gasteiger partial charge in [0, 0.05) is 32.4 Å². The van der Waals surface area contributed by atoms with Gasteiger partial charge in [-0.1, -0.05) is 11.6 Å². The van der Waals surface area contributed by atoms with Crippen LogP contribution >= 0.6 is 11.6 Å². The number of fused-ring (bicyclic) bond motifs is 2. The summed E-state index contributed by atoms with van der Waals surface area (Å²) in [5, 5.41) is 0.148. The molecule has 0 aliphatic carbocycles. The SMILES string of the molecule is COc1nc(N(C)C2CCN(C(=O)OC(C)(C)C)C2C)c2cnc(Cl)c(F)c2n1.FC1CC2CCCN2C1. The fourth-order valence-electron chi connectivity index (χ4n) is 5.56. The number of ether oxygens (including phenoxy) is 2. The van der Waals surface area contributed by atoms with Crippen LogP contribution in [0.25, 0.3) is 10.9 Å². The molecule has 5 rings (SSSR count). The molecular weight excluding hydrogens is 518 g/mol. The molecule has 0 radical (unpaired) electrons. The summed E-state index contributed by atoms with van der Waals surface area (Å²) in [5.74, 6) is -0.271. The van der Waals surface area contributed by atoms with Crippen molar-refractivity contribution in [2.75, 3.05) is 38.7 Å². The molecule has 38 heavy (non-hydrogen) atoms. The fraction of sp³-hybridized carbons (Fsp3) is 0.692. The van der Waals surface area contributed by atoms with E-state index in [1.54, 1.807) is 4.90 Å². The van der Waals surface area contributed by atoms with Gasteiger partial charge < -0.3 is 19.3 Å². The fourth-order valence-corrected chi connectivity index (χ4v) is 5.70. The summed E-state index contributed by atoms with van der Waals surface area (Å²) >= 11 is 5.81. The second kappa shape index (κ2) is 11.3. The molecule has 0 saturated carbocycles. The van der Waals surface area contributed by atoms with E-state index in [2.05, 4.69) is 19.9 Å². The molecule has 3 aliphatic heterocycles. The summed E-state index contributed by atoms with van der Waals surface area (Å²) in [6.07, 6.45) is 4.60. The van der Waals surface area contributed by atoms with Gasteiger partial charge in [-0.25, -0.2) is 18.6 Å². The molecule has 2 aromatic heterocycles. The standard InChI is InChI=1S/C19H25ClFN5O3.C7H12FN/c1-10-12(7-8-26(10)18(27)29-19(2,3)4)25(5)16-11-9-22-15(20)13(21)14(11)23-17(24-16)28-6;8-6-4-7-2-1-3-9(7)5-6/h9-10,12H,7-8H2,1-6H3;6-7H,1-5H2. The van der Waals surface area contributed by atoms with Crippen LogP contribution in [0, 0.1) is 5.82 Å². The molecule has 0 aromatic carbocycles. The van der Waals surface area contributed by atoms with Gasteiger partial charge in [-0.05, 0) is 59.9 Å². The number of likely N-dealkylation sites (tertiary alicyclic amines) is 1. The molecule has 4 atom stereocenters. The van der Waals surface area contributed by atoms with Crippen LogP contribution < -0.4 is 9.64 Å². The summed E-state index contributed by atoms with van der Waals surface area (Å²) in [6.45, 7) is 9.86. The zero-order valence-electron chi connectivity index (χ0n) is 22.9. The Balaban J connectivity index is 0.000000311. The van der Waals surface area contributed by atoms with Crippen LogP contribution in [0.4, 0.5) is 19.4 Å². The number of methoxy groups -OCH3 is 1. The van der Waals surface area contributed by atoms with E-state index < -0.39 is 17.6 Å². The molecule has 12 heteroatoms. The highest BCUT2D eigenvalue weighted by molar-refractivity contribution is 6.30. The van der Waals surface area contributed by atoms with E-state index in [1.807, 2.05) is 39.6 Å². The average Bonchev–Trinajstić information content (AvgIpc) is 3.54. The largest absolute Gasteiger partial charge is 0.467 e. The molecular formula is C26H37ClF2N6O3. The second-order valence-corrected chi connectivity index (χ2v) is 11.5. The van der Waals surface area contributed by atoms with Crippen LogP contribution in [-0.2, 0) is 4.74 Å². The normalized spacial score (nSPS) is 25.2. The van der Waals surface area contributed by atoms with Gasteiger partial charge in [0.15, 0.2) is 11.0 Å². The first-order chi connectivity index (χ1) is 17.9. The first kappa shape index (κ1) is 28.5. The Morgan fingerprint density at radius 1 is 1.24 bits per heavy atom. The van der Waals surface area contributed by atoms with Gasteiger partial charge in [0.25, 0.3) is 0 Å². The number of alkyl halides is 1. The number of hydrogen-bond acceptors (Lipinski definition) is 8.